The van der Waals surface area contributed by atoms with Crippen LogP contribution in [0.4, 0.5) is 24.9 Å². The molecule has 0 unspecified atom stereocenters. The van der Waals surface area contributed by atoms with Crippen LogP contribution in [0.15, 0.2) is 30.6 Å². The van der Waals surface area contributed by atoms with E-state index in [4.69, 9.17) is 15.7 Å². The number of anilines is 2. The standard InChI is InChI=1S/C26H35F3N8O.3ClH/c27-26(28,29)38-21-11-5-17(6-12-21)15-31-13-14-32-23-22-24(37(16-33-22)20-3-1-2-4-20)36-25(35-23)34-19-9-7-18(30)8-10-19;;;/h5-6,11-12,16,18-20,31H,1-4,7-10,13-15,30H2,(H2,32,34,35,36);3*1H. The lowest BCUT2D eigenvalue weighted by Crippen LogP contribution is -2.33. The smallest absolute Gasteiger partial charge is 0.406 e. The van der Waals surface area contributed by atoms with Crippen molar-refractivity contribution in [3.63, 3.8) is 0 Å². The van der Waals surface area contributed by atoms with Crippen molar-refractivity contribution >= 4 is 60.2 Å². The van der Waals surface area contributed by atoms with E-state index in [-0.39, 0.29) is 49.0 Å². The van der Waals surface area contributed by atoms with Gasteiger partial charge in [0.25, 0.3) is 0 Å². The van der Waals surface area contributed by atoms with E-state index in [0.29, 0.717) is 43.5 Å². The Hall–Kier alpha value is -2.25. The zero-order valence-corrected chi connectivity index (χ0v) is 25.0. The summed E-state index contributed by atoms with van der Waals surface area (Å²) in [7, 11) is 0. The van der Waals surface area contributed by atoms with Crippen molar-refractivity contribution in [3.8, 4) is 5.75 Å². The van der Waals surface area contributed by atoms with E-state index >= 15 is 0 Å². The fourth-order valence-electron chi connectivity index (χ4n) is 5.31. The van der Waals surface area contributed by atoms with Gasteiger partial charge in [0.1, 0.15) is 5.75 Å². The molecule has 2 heterocycles. The Morgan fingerprint density at radius 2 is 1.61 bits per heavy atom. The minimum atomic E-state index is -4.69. The molecule has 2 aliphatic carbocycles. The fraction of sp³-hybridized carbons (Fsp3) is 0.577. The third kappa shape index (κ3) is 9.64. The molecule has 9 nitrogen and oxygen atoms in total. The van der Waals surface area contributed by atoms with Crippen LogP contribution in [-0.4, -0.2) is 51.1 Å². The van der Waals surface area contributed by atoms with Crippen molar-refractivity contribution in [2.24, 2.45) is 5.73 Å². The zero-order chi connectivity index (χ0) is 26.5. The Morgan fingerprint density at radius 3 is 2.27 bits per heavy atom. The summed E-state index contributed by atoms with van der Waals surface area (Å²) in [6.07, 6.45) is 5.89. The van der Waals surface area contributed by atoms with E-state index in [1.807, 2.05) is 6.33 Å². The Balaban J connectivity index is 0.00000196. The van der Waals surface area contributed by atoms with Crippen LogP contribution in [-0.2, 0) is 6.54 Å². The van der Waals surface area contributed by atoms with Gasteiger partial charge in [0, 0.05) is 37.8 Å². The molecule has 15 heteroatoms. The molecule has 0 spiro atoms. The number of imidazole rings is 1. The number of nitrogens with zero attached hydrogens (tertiary/aromatic N) is 4. The Morgan fingerprint density at radius 1 is 0.927 bits per heavy atom. The predicted molar refractivity (Wildman–Crippen MR) is 162 cm³/mol. The summed E-state index contributed by atoms with van der Waals surface area (Å²) in [5.74, 6) is 1.07. The van der Waals surface area contributed by atoms with E-state index in [1.54, 1.807) is 12.1 Å². The van der Waals surface area contributed by atoms with Gasteiger partial charge in [-0.3, -0.25) is 0 Å². The molecule has 0 bridgehead atoms. The first-order chi connectivity index (χ1) is 18.3. The number of ether oxygens (including phenoxy) is 1. The van der Waals surface area contributed by atoms with E-state index in [9.17, 15) is 13.2 Å². The van der Waals surface area contributed by atoms with Gasteiger partial charge in [-0.1, -0.05) is 25.0 Å². The van der Waals surface area contributed by atoms with Crippen LogP contribution < -0.4 is 26.4 Å². The highest BCUT2D eigenvalue weighted by Gasteiger charge is 2.31. The number of benzene rings is 1. The van der Waals surface area contributed by atoms with Gasteiger partial charge in [-0.15, -0.1) is 50.4 Å². The quantitative estimate of drug-likeness (QED) is 0.200. The maximum atomic E-state index is 12.3. The van der Waals surface area contributed by atoms with Crippen LogP contribution in [0, 0.1) is 0 Å². The Labute approximate surface area is 256 Å². The van der Waals surface area contributed by atoms with Crippen molar-refractivity contribution < 1.29 is 17.9 Å². The van der Waals surface area contributed by atoms with E-state index in [1.165, 1.54) is 25.0 Å². The molecule has 1 aromatic carbocycles. The molecule has 5 rings (SSSR count). The van der Waals surface area contributed by atoms with E-state index in [2.05, 4.69) is 30.2 Å². The summed E-state index contributed by atoms with van der Waals surface area (Å²) in [5.41, 5.74) is 8.54. The Kier molecular flexibility index (Phi) is 13.5. The summed E-state index contributed by atoms with van der Waals surface area (Å²) in [5, 5.41) is 10.2. The maximum absolute atomic E-state index is 12.3. The maximum Gasteiger partial charge on any atom is 0.573 e. The fourth-order valence-corrected chi connectivity index (χ4v) is 5.31. The summed E-state index contributed by atoms with van der Waals surface area (Å²) in [4.78, 5) is 14.3. The highest BCUT2D eigenvalue weighted by molar-refractivity contribution is 5.86. The van der Waals surface area contributed by atoms with Crippen molar-refractivity contribution in [1.82, 2.24) is 24.8 Å². The molecule has 0 atom stereocenters. The molecule has 0 radical (unpaired) electrons. The van der Waals surface area contributed by atoms with Crippen LogP contribution in [0.1, 0.15) is 63.0 Å². The van der Waals surface area contributed by atoms with Gasteiger partial charge in [0.05, 0.1) is 6.33 Å². The molecule has 2 fully saturated rings. The largest absolute Gasteiger partial charge is 0.573 e. The third-order valence-corrected chi connectivity index (χ3v) is 7.32. The number of aromatic nitrogens is 4. The topological polar surface area (TPSA) is 115 Å². The highest BCUT2D eigenvalue weighted by Crippen LogP contribution is 2.33. The minimum absolute atomic E-state index is 0. The van der Waals surface area contributed by atoms with Gasteiger partial charge >= 0.3 is 6.36 Å². The molecule has 2 aliphatic rings. The molecule has 230 valence electrons. The average Bonchev–Trinajstić information content (AvgIpc) is 3.55. The summed E-state index contributed by atoms with van der Waals surface area (Å²) in [6.45, 7) is 1.73. The molecule has 2 saturated carbocycles. The van der Waals surface area contributed by atoms with Crippen LogP contribution >= 0.6 is 37.2 Å². The van der Waals surface area contributed by atoms with E-state index in [0.717, 1.165) is 55.3 Å². The van der Waals surface area contributed by atoms with Gasteiger partial charge in [-0.25, -0.2) is 4.98 Å². The molecule has 0 saturated heterocycles. The minimum Gasteiger partial charge on any atom is -0.406 e. The molecule has 2 aromatic heterocycles. The number of nitrogens with one attached hydrogen (secondary N) is 3. The average molecular weight is 642 g/mol. The van der Waals surface area contributed by atoms with Crippen LogP contribution in [0.2, 0.25) is 0 Å². The number of rotatable bonds is 10. The number of nitrogens with two attached hydrogens (primary N) is 1. The summed E-state index contributed by atoms with van der Waals surface area (Å²) < 4.78 is 43.1. The van der Waals surface area contributed by atoms with Crippen molar-refractivity contribution in [2.75, 3.05) is 23.7 Å². The number of hydrogen-bond acceptors (Lipinski definition) is 8. The SMILES string of the molecule is Cl.Cl.Cl.NC1CCC(Nc2nc(NCCNCc3ccc(OC(F)(F)F)cc3)c3ncn(C4CCCC4)c3n2)CC1. The zero-order valence-electron chi connectivity index (χ0n) is 22.5. The van der Waals surface area contributed by atoms with Gasteiger partial charge < -0.3 is 31.0 Å². The number of fused-ring (bicyclic) bond motifs is 1. The monoisotopic (exact) mass is 640 g/mol. The van der Waals surface area contributed by atoms with Crippen LogP contribution in [0.5, 0.6) is 5.75 Å². The molecule has 41 heavy (non-hydrogen) atoms. The molecule has 3 aromatic rings. The lowest BCUT2D eigenvalue weighted by molar-refractivity contribution is -0.274. The Bertz CT molecular complexity index is 1200. The first-order valence-corrected chi connectivity index (χ1v) is 13.4. The van der Waals surface area contributed by atoms with Crippen LogP contribution in [0.25, 0.3) is 11.2 Å². The number of halogens is 6. The highest BCUT2D eigenvalue weighted by atomic mass is 35.5. The second-order valence-electron chi connectivity index (χ2n) is 10.2. The van der Waals surface area contributed by atoms with Crippen molar-refractivity contribution in [3.05, 3.63) is 36.2 Å². The van der Waals surface area contributed by atoms with Gasteiger partial charge in [-0.2, -0.15) is 9.97 Å². The van der Waals surface area contributed by atoms with Gasteiger partial charge in [-0.05, 0) is 56.2 Å². The molecular weight excluding hydrogens is 604 g/mol. The molecule has 5 N–H and O–H groups in total. The number of hydrogen-bond donors (Lipinski definition) is 4. The molecular formula is C26H38Cl3F3N8O. The second-order valence-corrected chi connectivity index (χ2v) is 10.2. The lowest BCUT2D eigenvalue weighted by Gasteiger charge is -2.27. The predicted octanol–water partition coefficient (Wildman–Crippen LogP) is 5.99. The number of alkyl halides is 3. The van der Waals surface area contributed by atoms with Crippen molar-refractivity contribution in [1.29, 1.82) is 0 Å². The van der Waals surface area contributed by atoms with E-state index < -0.39 is 6.36 Å². The van der Waals surface area contributed by atoms with Gasteiger partial charge in [0.15, 0.2) is 17.0 Å². The molecule has 0 aliphatic heterocycles. The van der Waals surface area contributed by atoms with Gasteiger partial charge in [0.2, 0.25) is 5.95 Å². The summed E-state index contributed by atoms with van der Waals surface area (Å²) in [6, 6.07) is 6.85. The van der Waals surface area contributed by atoms with Crippen LogP contribution in [0.3, 0.4) is 0 Å². The lowest BCUT2D eigenvalue weighted by atomic mass is 9.92. The van der Waals surface area contributed by atoms with Crippen molar-refractivity contribution in [2.45, 2.75) is 82.4 Å². The summed E-state index contributed by atoms with van der Waals surface area (Å²) >= 11 is 0. The second kappa shape index (κ2) is 15.8. The first-order valence-electron chi connectivity index (χ1n) is 13.4. The normalized spacial score (nSPS) is 19.1. The third-order valence-electron chi connectivity index (χ3n) is 7.32. The molecule has 0 amide bonds. The first kappa shape index (κ1) is 34.9.